The number of halogens is 3. The molecule has 16 heavy (non-hydrogen) atoms. The van der Waals surface area contributed by atoms with E-state index >= 15 is 0 Å². The molecule has 86 valence electrons. The lowest BCUT2D eigenvalue weighted by Crippen LogP contribution is -2.12. The Balaban J connectivity index is 3.53. The quantitative estimate of drug-likeness (QED) is 0.578. The minimum absolute atomic E-state index is 0.0144. The molecule has 0 N–H and O–H groups in total. The molecule has 0 aliphatic rings. The molecule has 1 aromatic carbocycles. The molecule has 0 saturated carbocycles. The largest absolute Gasteiger partial charge is 0.416 e. The SMILES string of the molecule is CC(=O)c1ccc(C(F)(F)F)c(C)c1C=O. The second-order valence-electron chi connectivity index (χ2n) is 3.37. The Morgan fingerprint density at radius 2 is 1.88 bits per heavy atom. The molecule has 0 saturated heterocycles. The highest BCUT2D eigenvalue weighted by molar-refractivity contribution is 6.02. The van der Waals surface area contributed by atoms with Gasteiger partial charge in [0.2, 0.25) is 0 Å². The van der Waals surface area contributed by atoms with Crippen molar-refractivity contribution < 1.29 is 22.8 Å². The van der Waals surface area contributed by atoms with E-state index in [0.717, 1.165) is 12.1 Å². The number of hydrogen-bond acceptors (Lipinski definition) is 2. The van der Waals surface area contributed by atoms with E-state index in [4.69, 9.17) is 0 Å². The van der Waals surface area contributed by atoms with Crippen molar-refractivity contribution in [3.8, 4) is 0 Å². The summed E-state index contributed by atoms with van der Waals surface area (Å²) in [6.07, 6.45) is -4.24. The van der Waals surface area contributed by atoms with Gasteiger partial charge in [-0.25, -0.2) is 0 Å². The van der Waals surface area contributed by atoms with E-state index in [1.54, 1.807) is 0 Å². The topological polar surface area (TPSA) is 34.1 Å². The molecule has 0 atom stereocenters. The maximum Gasteiger partial charge on any atom is 0.416 e. The van der Waals surface area contributed by atoms with Crippen LogP contribution in [0.2, 0.25) is 0 Å². The van der Waals surface area contributed by atoms with E-state index in [2.05, 4.69) is 0 Å². The average Bonchev–Trinajstić information content (AvgIpc) is 2.14. The summed E-state index contributed by atoms with van der Waals surface area (Å²) in [4.78, 5) is 21.8. The van der Waals surface area contributed by atoms with Crippen molar-refractivity contribution in [1.82, 2.24) is 0 Å². The predicted octanol–water partition coefficient (Wildman–Crippen LogP) is 3.03. The normalized spacial score (nSPS) is 11.3. The van der Waals surface area contributed by atoms with Crippen molar-refractivity contribution in [2.24, 2.45) is 0 Å². The van der Waals surface area contributed by atoms with E-state index in [0.29, 0.717) is 0 Å². The number of rotatable bonds is 2. The Morgan fingerprint density at radius 1 is 1.31 bits per heavy atom. The number of Topliss-reactive ketones (excluding diaryl/α,β-unsaturated/α-hetero) is 1. The highest BCUT2D eigenvalue weighted by Crippen LogP contribution is 2.33. The fourth-order valence-corrected chi connectivity index (χ4v) is 1.49. The van der Waals surface area contributed by atoms with Crippen molar-refractivity contribution >= 4 is 12.1 Å². The summed E-state index contributed by atoms with van der Waals surface area (Å²) in [5, 5.41) is 0. The first-order valence-electron chi connectivity index (χ1n) is 4.46. The maximum absolute atomic E-state index is 12.5. The van der Waals surface area contributed by atoms with Gasteiger partial charge in [0.05, 0.1) is 5.56 Å². The number of carbonyl (C=O) groups is 2. The molecule has 0 aliphatic carbocycles. The van der Waals surface area contributed by atoms with Crippen LogP contribution in [0.15, 0.2) is 12.1 Å². The third kappa shape index (κ3) is 2.13. The molecule has 1 rings (SSSR count). The highest BCUT2D eigenvalue weighted by atomic mass is 19.4. The van der Waals surface area contributed by atoms with Gasteiger partial charge in [-0.1, -0.05) is 6.07 Å². The summed E-state index contributed by atoms with van der Waals surface area (Å²) < 4.78 is 37.5. The van der Waals surface area contributed by atoms with Crippen molar-refractivity contribution in [2.75, 3.05) is 0 Å². The van der Waals surface area contributed by atoms with Crippen LogP contribution in [-0.4, -0.2) is 12.1 Å². The van der Waals surface area contributed by atoms with Crippen LogP contribution >= 0.6 is 0 Å². The summed E-state index contributed by atoms with van der Waals surface area (Å²) in [6, 6.07) is 1.85. The van der Waals surface area contributed by atoms with E-state index in [1.165, 1.54) is 13.8 Å². The van der Waals surface area contributed by atoms with Gasteiger partial charge >= 0.3 is 6.18 Å². The number of alkyl halides is 3. The van der Waals surface area contributed by atoms with Crippen LogP contribution in [0.5, 0.6) is 0 Å². The number of aldehydes is 1. The molecule has 0 fully saturated rings. The van der Waals surface area contributed by atoms with Gasteiger partial charge in [-0.05, 0) is 25.5 Å². The molecular weight excluding hydrogens is 221 g/mol. The predicted molar refractivity (Wildman–Crippen MR) is 51.6 cm³/mol. The molecule has 0 aromatic heterocycles. The highest BCUT2D eigenvalue weighted by Gasteiger charge is 2.33. The second kappa shape index (κ2) is 4.08. The number of ketones is 1. The van der Waals surface area contributed by atoms with Crippen LogP contribution < -0.4 is 0 Å². The Kier molecular flexibility index (Phi) is 3.16. The van der Waals surface area contributed by atoms with Crippen LogP contribution in [0.25, 0.3) is 0 Å². The van der Waals surface area contributed by atoms with Crippen LogP contribution in [0, 0.1) is 6.92 Å². The Bertz CT molecular complexity index is 447. The van der Waals surface area contributed by atoms with E-state index in [1.807, 2.05) is 0 Å². The molecule has 1 aromatic rings. The molecule has 0 radical (unpaired) electrons. The molecule has 2 nitrogen and oxygen atoms in total. The van der Waals surface area contributed by atoms with Crippen molar-refractivity contribution in [2.45, 2.75) is 20.0 Å². The minimum atomic E-state index is -4.52. The average molecular weight is 230 g/mol. The minimum Gasteiger partial charge on any atom is -0.298 e. The van der Waals surface area contributed by atoms with Crippen molar-refractivity contribution in [3.05, 3.63) is 34.4 Å². The molecule has 0 heterocycles. The van der Waals surface area contributed by atoms with Crippen LogP contribution in [0.3, 0.4) is 0 Å². The molecule has 0 unspecified atom stereocenters. The van der Waals surface area contributed by atoms with Gasteiger partial charge in [0.15, 0.2) is 12.1 Å². The molecule has 0 spiro atoms. The smallest absolute Gasteiger partial charge is 0.298 e. The molecular formula is C11H9F3O2. The summed E-state index contributed by atoms with van der Waals surface area (Å²) in [5.74, 6) is -0.432. The van der Waals surface area contributed by atoms with Gasteiger partial charge in [-0.15, -0.1) is 0 Å². The number of carbonyl (C=O) groups excluding carboxylic acids is 2. The van der Waals surface area contributed by atoms with Crippen LogP contribution in [0.4, 0.5) is 13.2 Å². The van der Waals surface area contributed by atoms with Gasteiger partial charge in [0.1, 0.15) is 0 Å². The van der Waals surface area contributed by atoms with E-state index in [9.17, 15) is 22.8 Å². The molecule has 0 amide bonds. The number of benzene rings is 1. The first kappa shape index (κ1) is 12.4. The van der Waals surface area contributed by atoms with Gasteiger partial charge in [-0.3, -0.25) is 9.59 Å². The summed E-state index contributed by atoms with van der Waals surface area (Å²) >= 11 is 0. The first-order chi connectivity index (χ1) is 7.29. The molecule has 0 aliphatic heterocycles. The van der Waals surface area contributed by atoms with Crippen molar-refractivity contribution in [3.63, 3.8) is 0 Å². The van der Waals surface area contributed by atoms with Crippen molar-refractivity contribution in [1.29, 1.82) is 0 Å². The van der Waals surface area contributed by atoms with Gasteiger partial charge in [0, 0.05) is 11.1 Å². The zero-order valence-corrected chi connectivity index (χ0v) is 8.68. The zero-order chi connectivity index (χ0) is 12.5. The number of hydrogen-bond donors (Lipinski definition) is 0. The maximum atomic E-state index is 12.5. The zero-order valence-electron chi connectivity index (χ0n) is 8.68. The standard InChI is InChI=1S/C11H9F3O2/c1-6-9(5-15)8(7(2)16)3-4-10(6)11(12,13)14/h3-5H,1-2H3. The first-order valence-corrected chi connectivity index (χ1v) is 4.46. The van der Waals surface area contributed by atoms with E-state index < -0.39 is 17.5 Å². The Labute approximate surface area is 90.1 Å². The third-order valence-corrected chi connectivity index (χ3v) is 2.32. The Hall–Kier alpha value is -1.65. The lowest BCUT2D eigenvalue weighted by atomic mass is 9.95. The Morgan fingerprint density at radius 3 is 2.25 bits per heavy atom. The lowest BCUT2D eigenvalue weighted by molar-refractivity contribution is -0.138. The monoisotopic (exact) mass is 230 g/mol. The third-order valence-electron chi connectivity index (χ3n) is 2.32. The fraction of sp³-hybridized carbons (Fsp3) is 0.273. The van der Waals surface area contributed by atoms with Crippen LogP contribution in [-0.2, 0) is 6.18 Å². The molecule has 0 bridgehead atoms. The molecule has 5 heteroatoms. The fourth-order valence-electron chi connectivity index (χ4n) is 1.49. The summed E-state index contributed by atoms with van der Waals surface area (Å²) in [5.41, 5.74) is -1.28. The summed E-state index contributed by atoms with van der Waals surface area (Å²) in [6.45, 7) is 2.38. The van der Waals surface area contributed by atoms with Gasteiger partial charge in [-0.2, -0.15) is 13.2 Å². The summed E-state index contributed by atoms with van der Waals surface area (Å²) in [7, 11) is 0. The van der Waals surface area contributed by atoms with Crippen LogP contribution in [0.1, 0.15) is 38.8 Å². The van der Waals surface area contributed by atoms with Gasteiger partial charge < -0.3 is 0 Å². The van der Waals surface area contributed by atoms with Gasteiger partial charge in [0.25, 0.3) is 0 Å². The second-order valence-corrected chi connectivity index (χ2v) is 3.37. The lowest BCUT2D eigenvalue weighted by Gasteiger charge is -2.13. The van der Waals surface area contributed by atoms with E-state index in [-0.39, 0.29) is 23.0 Å².